The monoisotopic (exact) mass is 463 g/mol. The zero-order valence-electron chi connectivity index (χ0n) is 15.3. The highest BCUT2D eigenvalue weighted by atomic mass is 79.9. The summed E-state index contributed by atoms with van der Waals surface area (Å²) in [5.41, 5.74) is 1.80. The number of imidazole rings is 1. The van der Waals surface area contributed by atoms with Gasteiger partial charge in [0.1, 0.15) is 4.60 Å². The summed E-state index contributed by atoms with van der Waals surface area (Å²) in [4.78, 5) is 4.15. The largest absolute Gasteiger partial charge is 0.396 e. The summed E-state index contributed by atoms with van der Waals surface area (Å²) in [5.74, 6) is 0. The van der Waals surface area contributed by atoms with E-state index < -0.39 is 10.0 Å². The van der Waals surface area contributed by atoms with Crippen molar-refractivity contribution in [1.29, 1.82) is 0 Å². The van der Waals surface area contributed by atoms with Crippen molar-refractivity contribution in [2.75, 3.05) is 6.61 Å². The lowest BCUT2D eigenvalue weighted by Gasteiger charge is -2.22. The van der Waals surface area contributed by atoms with E-state index in [0.29, 0.717) is 17.6 Å². The maximum atomic E-state index is 13.4. The highest BCUT2D eigenvalue weighted by Gasteiger charge is 2.30. The minimum Gasteiger partial charge on any atom is -0.396 e. The summed E-state index contributed by atoms with van der Waals surface area (Å²) in [7, 11) is -3.84. The van der Waals surface area contributed by atoms with Gasteiger partial charge in [0.2, 0.25) is 5.03 Å². The van der Waals surface area contributed by atoms with E-state index in [1.165, 1.54) is 10.6 Å². The van der Waals surface area contributed by atoms with E-state index in [1.54, 1.807) is 4.57 Å². The van der Waals surface area contributed by atoms with E-state index in [4.69, 9.17) is 5.11 Å². The number of rotatable bonds is 9. The highest BCUT2D eigenvalue weighted by Crippen LogP contribution is 2.26. The molecule has 1 N–H and O–H groups in total. The summed E-state index contributed by atoms with van der Waals surface area (Å²) in [6, 6.07) is 19.0. The lowest BCUT2D eigenvalue weighted by Crippen LogP contribution is -2.31. The van der Waals surface area contributed by atoms with E-state index in [9.17, 15) is 8.42 Å². The summed E-state index contributed by atoms with van der Waals surface area (Å²) in [5, 5.41) is 9.01. The minimum absolute atomic E-state index is 0.0164. The number of aryl methyl sites for hydroxylation is 1. The fourth-order valence-electron chi connectivity index (χ4n) is 2.84. The van der Waals surface area contributed by atoms with Crippen molar-refractivity contribution in [3.05, 3.63) is 82.7 Å². The minimum atomic E-state index is -3.84. The van der Waals surface area contributed by atoms with Gasteiger partial charge in [-0.3, -0.25) is 0 Å². The van der Waals surface area contributed by atoms with Gasteiger partial charge in [-0.25, -0.2) is 13.4 Å². The predicted molar refractivity (Wildman–Crippen MR) is 111 cm³/mol. The molecule has 0 amide bonds. The number of nitrogens with zero attached hydrogens (tertiary/aromatic N) is 3. The Morgan fingerprint density at radius 2 is 1.50 bits per heavy atom. The number of sulfonamides is 1. The van der Waals surface area contributed by atoms with Crippen LogP contribution >= 0.6 is 15.9 Å². The lowest BCUT2D eigenvalue weighted by atomic mass is 10.2. The fourth-order valence-corrected chi connectivity index (χ4v) is 5.22. The third-order valence-electron chi connectivity index (χ3n) is 4.29. The van der Waals surface area contributed by atoms with Gasteiger partial charge in [0.15, 0.2) is 0 Å². The van der Waals surface area contributed by atoms with Gasteiger partial charge in [-0.05, 0) is 33.5 Å². The molecule has 1 heterocycles. The Hall–Kier alpha value is -2.00. The van der Waals surface area contributed by atoms with Crippen molar-refractivity contribution in [3.63, 3.8) is 0 Å². The molecule has 8 heteroatoms. The standard InChI is InChI=1S/C20H22BrN3O3S/c21-19-20(22-16-23(19)12-7-13-25)28(26,27)24(14-17-8-3-1-4-9-17)15-18-10-5-2-6-11-18/h1-6,8-11,16,25H,7,12-15H2. The van der Waals surface area contributed by atoms with Gasteiger partial charge < -0.3 is 9.67 Å². The van der Waals surface area contributed by atoms with Crippen LogP contribution in [0.2, 0.25) is 0 Å². The number of benzene rings is 2. The summed E-state index contributed by atoms with van der Waals surface area (Å²) < 4.78 is 30.4. The molecule has 3 rings (SSSR count). The predicted octanol–water partition coefficient (Wildman–Crippen LogP) is 3.42. The number of halogens is 1. The molecule has 0 saturated heterocycles. The van der Waals surface area contributed by atoms with Gasteiger partial charge in [0.05, 0.1) is 6.33 Å². The molecule has 0 atom stereocenters. The van der Waals surface area contributed by atoms with E-state index in [-0.39, 0.29) is 24.7 Å². The van der Waals surface area contributed by atoms with Gasteiger partial charge in [0, 0.05) is 26.2 Å². The van der Waals surface area contributed by atoms with Crippen LogP contribution in [0, 0.1) is 0 Å². The first-order chi connectivity index (χ1) is 13.5. The first-order valence-corrected chi connectivity index (χ1v) is 11.1. The normalized spacial score (nSPS) is 11.8. The van der Waals surface area contributed by atoms with Crippen molar-refractivity contribution >= 4 is 26.0 Å². The Morgan fingerprint density at radius 1 is 0.964 bits per heavy atom. The molecule has 148 valence electrons. The van der Waals surface area contributed by atoms with Crippen LogP contribution in [0.15, 0.2) is 76.6 Å². The quantitative estimate of drug-likeness (QED) is 0.527. The maximum Gasteiger partial charge on any atom is 0.263 e. The molecule has 0 fully saturated rings. The van der Waals surface area contributed by atoms with Crippen LogP contribution in [-0.4, -0.2) is 34.0 Å². The molecule has 28 heavy (non-hydrogen) atoms. The van der Waals surface area contributed by atoms with Crippen molar-refractivity contribution in [1.82, 2.24) is 13.9 Å². The summed E-state index contributed by atoms with van der Waals surface area (Å²) in [6.07, 6.45) is 2.00. The molecule has 0 unspecified atom stereocenters. The Morgan fingerprint density at radius 3 is 2.00 bits per heavy atom. The molecular weight excluding hydrogens is 442 g/mol. The van der Waals surface area contributed by atoms with Gasteiger partial charge >= 0.3 is 0 Å². The van der Waals surface area contributed by atoms with Crippen LogP contribution in [0.5, 0.6) is 0 Å². The first kappa shape index (κ1) is 20.7. The topological polar surface area (TPSA) is 75.4 Å². The Kier molecular flexibility index (Phi) is 7.01. The summed E-state index contributed by atoms with van der Waals surface area (Å²) in [6.45, 7) is 1.000. The molecule has 0 aliphatic carbocycles. The number of hydrogen-bond donors (Lipinski definition) is 1. The van der Waals surface area contributed by atoms with Crippen molar-refractivity contribution in [3.8, 4) is 0 Å². The number of aliphatic hydroxyl groups is 1. The third-order valence-corrected chi connectivity index (χ3v) is 7.11. The zero-order valence-corrected chi connectivity index (χ0v) is 17.7. The summed E-state index contributed by atoms with van der Waals surface area (Å²) >= 11 is 3.37. The molecule has 3 aromatic rings. The van der Waals surface area contributed by atoms with E-state index in [2.05, 4.69) is 20.9 Å². The average Bonchev–Trinajstić information content (AvgIpc) is 3.08. The molecule has 0 aliphatic heterocycles. The molecule has 0 radical (unpaired) electrons. The number of aliphatic hydroxyl groups excluding tert-OH is 1. The third kappa shape index (κ3) is 4.88. The van der Waals surface area contributed by atoms with Gasteiger partial charge in [0.25, 0.3) is 10.0 Å². The Balaban J connectivity index is 1.94. The Bertz CT molecular complexity index is 951. The smallest absolute Gasteiger partial charge is 0.263 e. The molecule has 0 saturated carbocycles. The fraction of sp³-hybridized carbons (Fsp3) is 0.250. The van der Waals surface area contributed by atoms with Crippen LogP contribution in [0.4, 0.5) is 0 Å². The molecule has 2 aromatic carbocycles. The van der Waals surface area contributed by atoms with E-state index in [1.807, 2.05) is 60.7 Å². The van der Waals surface area contributed by atoms with Crippen molar-refractivity contribution in [2.45, 2.75) is 31.1 Å². The molecule has 0 aliphatic rings. The molecule has 6 nitrogen and oxygen atoms in total. The molecule has 0 spiro atoms. The Labute approximate surface area is 173 Å². The van der Waals surface area contributed by atoms with Crippen LogP contribution in [0.25, 0.3) is 0 Å². The van der Waals surface area contributed by atoms with Gasteiger partial charge in [-0.2, -0.15) is 4.31 Å². The van der Waals surface area contributed by atoms with Crippen LogP contribution in [0.1, 0.15) is 17.5 Å². The van der Waals surface area contributed by atoms with E-state index in [0.717, 1.165) is 11.1 Å². The van der Waals surface area contributed by atoms with Crippen molar-refractivity contribution in [2.24, 2.45) is 0 Å². The van der Waals surface area contributed by atoms with Crippen molar-refractivity contribution < 1.29 is 13.5 Å². The molecule has 1 aromatic heterocycles. The van der Waals surface area contributed by atoms with Gasteiger partial charge in [-0.15, -0.1) is 0 Å². The zero-order chi connectivity index (χ0) is 20.0. The highest BCUT2D eigenvalue weighted by molar-refractivity contribution is 9.10. The number of hydrogen-bond acceptors (Lipinski definition) is 4. The molecule has 0 bridgehead atoms. The van der Waals surface area contributed by atoms with Crippen LogP contribution < -0.4 is 0 Å². The average molecular weight is 464 g/mol. The first-order valence-electron chi connectivity index (χ1n) is 8.92. The van der Waals surface area contributed by atoms with Crippen LogP contribution in [-0.2, 0) is 29.7 Å². The lowest BCUT2D eigenvalue weighted by molar-refractivity contribution is 0.279. The second-order valence-corrected chi connectivity index (χ2v) is 8.96. The number of aromatic nitrogens is 2. The second-order valence-electron chi connectivity index (χ2n) is 6.36. The van der Waals surface area contributed by atoms with E-state index >= 15 is 0 Å². The van der Waals surface area contributed by atoms with Gasteiger partial charge in [-0.1, -0.05) is 60.7 Å². The maximum absolute atomic E-state index is 13.4. The van der Waals surface area contributed by atoms with Crippen LogP contribution in [0.3, 0.4) is 0 Å². The molecular formula is C20H22BrN3O3S. The SMILES string of the molecule is O=S(=O)(c1ncn(CCCO)c1Br)N(Cc1ccccc1)Cc1ccccc1. The second kappa shape index (κ2) is 9.47.